The van der Waals surface area contributed by atoms with Crippen molar-refractivity contribution in [3.05, 3.63) is 101 Å². The molecule has 8 nitrogen and oxygen atoms in total. The van der Waals surface area contributed by atoms with Crippen LogP contribution in [-0.2, 0) is 22.6 Å². The maximum absolute atomic E-state index is 13.5. The van der Waals surface area contributed by atoms with E-state index in [1.165, 1.54) is 5.56 Å². The molecule has 1 saturated heterocycles. The average Bonchev–Trinajstić information content (AvgIpc) is 3.58. The molecule has 4 N–H and O–H groups in total. The normalized spacial score (nSPS) is 19.3. The topological polar surface area (TPSA) is 107 Å². The molecule has 218 valence electrons. The van der Waals surface area contributed by atoms with Gasteiger partial charge in [0.15, 0.2) is 0 Å². The second-order valence-electron chi connectivity index (χ2n) is 10.8. The van der Waals surface area contributed by atoms with Crippen molar-refractivity contribution in [1.82, 2.24) is 15.4 Å². The molecule has 0 spiro atoms. The van der Waals surface area contributed by atoms with E-state index in [2.05, 4.69) is 22.1 Å². The van der Waals surface area contributed by atoms with Gasteiger partial charge in [0, 0.05) is 40.7 Å². The first-order chi connectivity index (χ1) is 20.4. The fourth-order valence-electron chi connectivity index (χ4n) is 5.37. The predicted octanol–water partition coefficient (Wildman–Crippen LogP) is 3.72. The lowest BCUT2D eigenvalue weighted by Gasteiger charge is -2.24. The van der Waals surface area contributed by atoms with Crippen molar-refractivity contribution < 1.29 is 24.6 Å². The van der Waals surface area contributed by atoms with Crippen LogP contribution in [0.15, 0.2) is 72.9 Å². The number of hydrogen-bond donors (Lipinski definition) is 4. The highest BCUT2D eigenvalue weighted by molar-refractivity contribution is 5.85. The van der Waals surface area contributed by atoms with Crippen molar-refractivity contribution in [2.45, 2.75) is 45.1 Å². The van der Waals surface area contributed by atoms with E-state index in [1.54, 1.807) is 19.1 Å². The number of rotatable bonds is 9. The fourth-order valence-corrected chi connectivity index (χ4v) is 5.37. The molecule has 1 aromatic heterocycles. The first kappa shape index (κ1) is 29.4. The van der Waals surface area contributed by atoms with Gasteiger partial charge in [0.2, 0.25) is 5.91 Å². The number of hydrogen-bond acceptors (Lipinski definition) is 6. The number of fused-ring (bicyclic) bond motifs is 1. The highest BCUT2D eigenvalue weighted by Gasteiger charge is 2.48. The van der Waals surface area contributed by atoms with E-state index in [0.29, 0.717) is 19.5 Å². The Morgan fingerprint density at radius 3 is 2.43 bits per heavy atom. The number of amides is 1. The molecule has 4 atom stereocenters. The Labute approximate surface area is 246 Å². The zero-order valence-electron chi connectivity index (χ0n) is 24.1. The number of nitrogens with zero attached hydrogens (tertiary/aromatic N) is 1. The van der Waals surface area contributed by atoms with E-state index in [0.717, 1.165) is 38.9 Å². The van der Waals surface area contributed by atoms with Crippen LogP contribution in [0.3, 0.4) is 0 Å². The molecule has 8 heteroatoms. The van der Waals surface area contributed by atoms with Crippen LogP contribution in [0.5, 0.6) is 5.75 Å². The summed E-state index contributed by atoms with van der Waals surface area (Å²) in [6, 6.07) is 20.9. The quantitative estimate of drug-likeness (QED) is 0.230. The summed E-state index contributed by atoms with van der Waals surface area (Å²) in [5.74, 6) is 6.30. The molecular weight excluding hydrogens is 530 g/mol. The number of carbonyl (C=O) groups excluding carboxylic acids is 1. The molecule has 1 fully saturated rings. The summed E-state index contributed by atoms with van der Waals surface area (Å²) in [5.41, 5.74) is 6.00. The van der Waals surface area contributed by atoms with Crippen molar-refractivity contribution in [3.8, 4) is 17.6 Å². The molecule has 1 amide bonds. The van der Waals surface area contributed by atoms with Crippen LogP contribution in [0.1, 0.15) is 34.7 Å². The molecule has 0 bridgehead atoms. The molecule has 0 aliphatic carbocycles. The Morgan fingerprint density at radius 2 is 1.79 bits per heavy atom. The van der Waals surface area contributed by atoms with Crippen molar-refractivity contribution in [2.75, 3.05) is 20.3 Å². The zero-order valence-corrected chi connectivity index (χ0v) is 24.1. The second-order valence-corrected chi connectivity index (χ2v) is 10.8. The van der Waals surface area contributed by atoms with Gasteiger partial charge in [-0.25, -0.2) is 0 Å². The minimum absolute atomic E-state index is 0.254. The van der Waals surface area contributed by atoms with Gasteiger partial charge in [-0.3, -0.25) is 9.63 Å². The third kappa shape index (κ3) is 6.67. The van der Waals surface area contributed by atoms with Crippen LogP contribution in [0.4, 0.5) is 0 Å². The lowest BCUT2D eigenvalue weighted by Crippen LogP contribution is -2.48. The highest BCUT2D eigenvalue weighted by Crippen LogP contribution is 2.31. The largest absolute Gasteiger partial charge is 0.497 e. The number of hydroxylamine groups is 2. The predicted molar refractivity (Wildman–Crippen MR) is 162 cm³/mol. The Hall–Kier alpha value is -4.13. The fraction of sp³-hybridized carbons (Fsp3) is 0.324. The molecule has 1 aliphatic heterocycles. The minimum Gasteiger partial charge on any atom is -0.497 e. The number of aromatic nitrogens is 1. The molecule has 0 radical (unpaired) electrons. The van der Waals surface area contributed by atoms with Crippen LogP contribution >= 0.6 is 0 Å². The van der Waals surface area contributed by atoms with E-state index in [9.17, 15) is 15.0 Å². The van der Waals surface area contributed by atoms with Crippen LogP contribution in [-0.4, -0.2) is 64.7 Å². The number of benzene rings is 3. The van der Waals surface area contributed by atoms with Crippen molar-refractivity contribution in [3.63, 3.8) is 0 Å². The summed E-state index contributed by atoms with van der Waals surface area (Å²) in [7, 11) is 1.64. The summed E-state index contributed by atoms with van der Waals surface area (Å²) < 4.78 is 5.36. The second kappa shape index (κ2) is 13.2. The van der Waals surface area contributed by atoms with Crippen LogP contribution < -0.4 is 10.1 Å². The summed E-state index contributed by atoms with van der Waals surface area (Å²) in [6.45, 7) is 4.08. The molecular formula is C34H37N3O5. The molecule has 0 saturated carbocycles. The van der Waals surface area contributed by atoms with Gasteiger partial charge in [0.25, 0.3) is 0 Å². The highest BCUT2D eigenvalue weighted by atomic mass is 16.7. The SMILES string of the molecule is COc1ccc2[nH]cc(CCNC(=O)C3[C@@H](CO)[C@@H]([C@@H](C)O)ON3Cc3ccc(C#Cc4ccc(C)cc4)cc3)c2c1. The number of H-pyrrole nitrogens is 1. The van der Waals surface area contributed by atoms with Crippen LogP contribution in [0.25, 0.3) is 10.9 Å². The molecule has 5 rings (SSSR count). The van der Waals surface area contributed by atoms with Crippen LogP contribution in [0.2, 0.25) is 0 Å². The first-order valence-corrected chi connectivity index (χ1v) is 14.2. The molecule has 4 aromatic rings. The average molecular weight is 568 g/mol. The van der Waals surface area contributed by atoms with E-state index in [1.807, 2.05) is 79.9 Å². The van der Waals surface area contributed by atoms with Gasteiger partial charge >= 0.3 is 0 Å². The molecule has 1 unspecified atom stereocenters. The van der Waals surface area contributed by atoms with E-state index in [-0.39, 0.29) is 12.5 Å². The van der Waals surface area contributed by atoms with Gasteiger partial charge in [0.1, 0.15) is 17.9 Å². The van der Waals surface area contributed by atoms with E-state index >= 15 is 0 Å². The van der Waals surface area contributed by atoms with Crippen molar-refractivity contribution in [2.24, 2.45) is 5.92 Å². The van der Waals surface area contributed by atoms with E-state index < -0.39 is 24.2 Å². The number of aliphatic hydroxyl groups excluding tert-OH is 2. The number of aromatic amines is 1. The van der Waals surface area contributed by atoms with E-state index in [4.69, 9.17) is 9.57 Å². The Kier molecular flexibility index (Phi) is 9.25. The number of ether oxygens (including phenoxy) is 1. The molecule has 1 aliphatic rings. The third-order valence-electron chi connectivity index (χ3n) is 7.71. The number of carbonyl (C=O) groups is 1. The lowest BCUT2D eigenvalue weighted by molar-refractivity contribution is -0.192. The van der Waals surface area contributed by atoms with Crippen molar-refractivity contribution >= 4 is 16.8 Å². The minimum atomic E-state index is -0.858. The standard InChI is InChI=1S/C34H37N3O5/c1-22-4-6-24(7-5-22)8-9-25-10-12-26(13-11-25)20-37-32(30(21-38)33(42-37)23(2)39)34(40)35-17-16-27-19-36-31-15-14-28(41-3)18-29(27)31/h4-7,10-15,18-19,23,30,32-33,36,38-39H,16-17,20-21H2,1-3H3,(H,35,40)/t23-,30-,32?,33-/m1/s1. The number of nitrogens with one attached hydrogen (secondary N) is 2. The van der Waals surface area contributed by atoms with Gasteiger partial charge in [-0.2, -0.15) is 5.06 Å². The lowest BCUT2D eigenvalue weighted by atomic mass is 9.92. The Bertz CT molecular complexity index is 1570. The Morgan fingerprint density at radius 1 is 1.10 bits per heavy atom. The van der Waals surface area contributed by atoms with Gasteiger partial charge in [0.05, 0.1) is 26.4 Å². The number of aryl methyl sites for hydroxylation is 1. The number of methoxy groups -OCH3 is 1. The molecule has 3 aromatic carbocycles. The summed E-state index contributed by atoms with van der Waals surface area (Å²) in [4.78, 5) is 22.8. The molecule has 2 heterocycles. The smallest absolute Gasteiger partial charge is 0.240 e. The van der Waals surface area contributed by atoms with Crippen LogP contribution in [0, 0.1) is 24.7 Å². The van der Waals surface area contributed by atoms with Crippen molar-refractivity contribution in [1.29, 1.82) is 0 Å². The third-order valence-corrected chi connectivity index (χ3v) is 7.71. The summed E-state index contributed by atoms with van der Waals surface area (Å²) in [6.07, 6.45) is 0.992. The zero-order chi connectivity index (χ0) is 29.6. The monoisotopic (exact) mass is 567 g/mol. The van der Waals surface area contributed by atoms with Gasteiger partial charge in [-0.1, -0.05) is 41.7 Å². The maximum Gasteiger partial charge on any atom is 0.240 e. The summed E-state index contributed by atoms with van der Waals surface area (Å²) in [5, 5.41) is 26.2. The van der Waals surface area contributed by atoms with Gasteiger partial charge < -0.3 is 25.3 Å². The number of aliphatic hydroxyl groups is 2. The van der Waals surface area contributed by atoms with Gasteiger partial charge in [-0.15, -0.1) is 0 Å². The maximum atomic E-state index is 13.5. The van der Waals surface area contributed by atoms with Gasteiger partial charge in [-0.05, 0) is 73.9 Å². The Balaban J connectivity index is 1.26. The summed E-state index contributed by atoms with van der Waals surface area (Å²) >= 11 is 0. The first-order valence-electron chi connectivity index (χ1n) is 14.2. The molecule has 42 heavy (non-hydrogen) atoms.